The van der Waals surface area contributed by atoms with Crippen LogP contribution >= 0.6 is 0 Å². The number of carbonyl (C=O) groups is 2. The fraction of sp³-hybridized carbons (Fsp3) is 0.800. The molecular weight excluding hydrogens is 194 g/mol. The Balaban J connectivity index is 2.48. The van der Waals surface area contributed by atoms with E-state index in [9.17, 15) is 9.59 Å². The number of hydrogen-bond acceptors (Lipinski definition) is 3. The van der Waals surface area contributed by atoms with Gasteiger partial charge in [-0.25, -0.2) is 0 Å². The number of nitrogens with one attached hydrogen (secondary N) is 1. The van der Waals surface area contributed by atoms with E-state index in [1.54, 1.807) is 0 Å². The maximum absolute atomic E-state index is 11.8. The summed E-state index contributed by atoms with van der Waals surface area (Å²) in [6.07, 6.45) is 0.664. The molecule has 0 radical (unpaired) electrons. The first-order valence-electron chi connectivity index (χ1n) is 5.31. The third kappa shape index (κ3) is 3.51. The van der Waals surface area contributed by atoms with E-state index < -0.39 is 6.04 Å². The highest BCUT2D eigenvalue weighted by molar-refractivity contribution is 5.88. The molecule has 0 saturated carbocycles. The molecule has 0 aromatic rings. The molecule has 1 aliphatic rings. The zero-order valence-corrected chi connectivity index (χ0v) is 9.32. The van der Waals surface area contributed by atoms with Crippen molar-refractivity contribution in [1.29, 1.82) is 0 Å². The highest BCUT2D eigenvalue weighted by Crippen LogP contribution is 2.06. The zero-order chi connectivity index (χ0) is 11.4. The summed E-state index contributed by atoms with van der Waals surface area (Å²) < 4.78 is 0. The molecule has 0 aromatic carbocycles. The topological polar surface area (TPSA) is 75.4 Å². The first kappa shape index (κ1) is 12.0. The molecular formula is C10H19N3O2. The van der Waals surface area contributed by atoms with Crippen LogP contribution in [0.4, 0.5) is 0 Å². The first-order chi connectivity index (χ1) is 7.00. The highest BCUT2D eigenvalue weighted by Gasteiger charge is 2.25. The van der Waals surface area contributed by atoms with Crippen LogP contribution < -0.4 is 11.1 Å². The Morgan fingerprint density at radius 2 is 2.27 bits per heavy atom. The molecule has 2 amide bonds. The molecule has 0 aromatic heterocycles. The lowest BCUT2D eigenvalue weighted by Gasteiger charge is -2.29. The van der Waals surface area contributed by atoms with E-state index in [0.29, 0.717) is 25.4 Å². The van der Waals surface area contributed by atoms with Gasteiger partial charge in [-0.1, -0.05) is 13.8 Å². The summed E-state index contributed by atoms with van der Waals surface area (Å²) in [6.45, 7) is 5.28. The molecule has 1 saturated heterocycles. The molecule has 0 aliphatic carbocycles. The molecule has 0 spiro atoms. The van der Waals surface area contributed by atoms with E-state index in [2.05, 4.69) is 5.32 Å². The van der Waals surface area contributed by atoms with Crippen molar-refractivity contribution < 1.29 is 9.59 Å². The van der Waals surface area contributed by atoms with Gasteiger partial charge in [0.2, 0.25) is 11.8 Å². The van der Waals surface area contributed by atoms with Crippen LogP contribution in [0.1, 0.15) is 20.3 Å². The van der Waals surface area contributed by atoms with Crippen molar-refractivity contribution in [1.82, 2.24) is 10.2 Å². The molecule has 1 heterocycles. The minimum atomic E-state index is -0.476. The Morgan fingerprint density at radius 1 is 1.60 bits per heavy atom. The number of nitrogens with two attached hydrogens (primary N) is 1. The van der Waals surface area contributed by atoms with Crippen LogP contribution in [-0.2, 0) is 9.59 Å². The summed E-state index contributed by atoms with van der Waals surface area (Å²) >= 11 is 0. The Bertz CT molecular complexity index is 253. The third-order valence-corrected chi connectivity index (χ3v) is 2.39. The standard InChI is InChI=1S/C10H19N3O2/c1-7(2)5-8(11)10(15)13-4-3-12-9(14)6-13/h7-8H,3-6,11H2,1-2H3,(H,12,14)/t8-/m1/s1. The van der Waals surface area contributed by atoms with E-state index in [1.807, 2.05) is 13.8 Å². The van der Waals surface area contributed by atoms with Gasteiger partial charge in [0.1, 0.15) is 0 Å². The van der Waals surface area contributed by atoms with Crippen LogP contribution in [0.25, 0.3) is 0 Å². The van der Waals surface area contributed by atoms with Crippen molar-refractivity contribution in [3.63, 3.8) is 0 Å². The Morgan fingerprint density at radius 3 is 2.80 bits per heavy atom. The monoisotopic (exact) mass is 213 g/mol. The number of amides is 2. The van der Waals surface area contributed by atoms with Gasteiger partial charge in [-0.05, 0) is 12.3 Å². The second-order valence-electron chi connectivity index (χ2n) is 4.35. The molecule has 3 N–H and O–H groups in total. The van der Waals surface area contributed by atoms with Crippen molar-refractivity contribution in [2.45, 2.75) is 26.3 Å². The maximum atomic E-state index is 11.8. The predicted octanol–water partition coefficient (Wildman–Crippen LogP) is -0.682. The normalized spacial score (nSPS) is 18.9. The predicted molar refractivity (Wildman–Crippen MR) is 57.0 cm³/mol. The molecule has 86 valence electrons. The van der Waals surface area contributed by atoms with E-state index in [1.165, 1.54) is 4.90 Å². The lowest BCUT2D eigenvalue weighted by Crippen LogP contribution is -2.54. The lowest BCUT2D eigenvalue weighted by molar-refractivity contribution is -0.139. The molecule has 1 rings (SSSR count). The number of nitrogens with zero attached hydrogens (tertiary/aromatic N) is 1. The molecule has 0 unspecified atom stereocenters. The Kier molecular flexibility index (Phi) is 4.08. The van der Waals surface area contributed by atoms with E-state index >= 15 is 0 Å². The van der Waals surface area contributed by atoms with Crippen molar-refractivity contribution in [3.05, 3.63) is 0 Å². The summed E-state index contributed by atoms with van der Waals surface area (Å²) in [5, 5.41) is 2.67. The highest BCUT2D eigenvalue weighted by atomic mass is 16.2. The minimum Gasteiger partial charge on any atom is -0.353 e. The minimum absolute atomic E-state index is 0.105. The van der Waals surface area contributed by atoms with Crippen molar-refractivity contribution in [3.8, 4) is 0 Å². The first-order valence-corrected chi connectivity index (χ1v) is 5.31. The van der Waals surface area contributed by atoms with E-state index in [4.69, 9.17) is 5.73 Å². The van der Waals surface area contributed by atoms with Crippen molar-refractivity contribution in [2.75, 3.05) is 19.6 Å². The largest absolute Gasteiger partial charge is 0.353 e. The summed E-state index contributed by atoms with van der Waals surface area (Å²) in [6, 6.07) is -0.476. The van der Waals surface area contributed by atoms with Gasteiger partial charge in [-0.3, -0.25) is 9.59 Å². The lowest BCUT2D eigenvalue weighted by atomic mass is 10.0. The van der Waals surface area contributed by atoms with Gasteiger partial charge in [-0.2, -0.15) is 0 Å². The van der Waals surface area contributed by atoms with Gasteiger partial charge >= 0.3 is 0 Å². The van der Waals surface area contributed by atoms with Gasteiger partial charge in [0, 0.05) is 13.1 Å². The van der Waals surface area contributed by atoms with Crippen LogP contribution in [0.3, 0.4) is 0 Å². The fourth-order valence-corrected chi connectivity index (χ4v) is 1.67. The van der Waals surface area contributed by atoms with Crippen LogP contribution in [-0.4, -0.2) is 42.4 Å². The number of hydrogen-bond donors (Lipinski definition) is 2. The summed E-state index contributed by atoms with van der Waals surface area (Å²) in [4.78, 5) is 24.4. The number of rotatable bonds is 3. The van der Waals surface area contributed by atoms with Crippen molar-refractivity contribution >= 4 is 11.8 Å². The van der Waals surface area contributed by atoms with E-state index in [-0.39, 0.29) is 18.4 Å². The SMILES string of the molecule is CC(C)C[C@@H](N)C(=O)N1CCNC(=O)C1. The van der Waals surface area contributed by atoms with Crippen LogP contribution in [0.5, 0.6) is 0 Å². The Hall–Kier alpha value is -1.10. The average Bonchev–Trinajstić information content (AvgIpc) is 2.15. The smallest absolute Gasteiger partial charge is 0.240 e. The number of piperazine rings is 1. The van der Waals surface area contributed by atoms with Gasteiger partial charge in [0.05, 0.1) is 12.6 Å². The van der Waals surface area contributed by atoms with Crippen LogP contribution in [0.15, 0.2) is 0 Å². The summed E-state index contributed by atoms with van der Waals surface area (Å²) in [5.74, 6) is 0.174. The molecule has 1 aliphatic heterocycles. The van der Waals surface area contributed by atoms with Crippen LogP contribution in [0, 0.1) is 5.92 Å². The van der Waals surface area contributed by atoms with Crippen molar-refractivity contribution in [2.24, 2.45) is 11.7 Å². The number of carbonyl (C=O) groups excluding carboxylic acids is 2. The van der Waals surface area contributed by atoms with Gasteiger partial charge in [-0.15, -0.1) is 0 Å². The van der Waals surface area contributed by atoms with Gasteiger partial charge in [0.15, 0.2) is 0 Å². The maximum Gasteiger partial charge on any atom is 0.240 e. The second-order valence-corrected chi connectivity index (χ2v) is 4.35. The van der Waals surface area contributed by atoms with Crippen LogP contribution in [0.2, 0.25) is 0 Å². The third-order valence-electron chi connectivity index (χ3n) is 2.39. The fourth-order valence-electron chi connectivity index (χ4n) is 1.67. The molecule has 0 bridgehead atoms. The molecule has 5 nitrogen and oxygen atoms in total. The summed E-state index contributed by atoms with van der Waals surface area (Å²) in [7, 11) is 0. The molecule has 1 atom stereocenters. The Labute approximate surface area is 90.0 Å². The van der Waals surface area contributed by atoms with Gasteiger partial charge < -0.3 is 16.0 Å². The average molecular weight is 213 g/mol. The zero-order valence-electron chi connectivity index (χ0n) is 9.32. The summed E-state index contributed by atoms with van der Waals surface area (Å²) in [5.41, 5.74) is 5.77. The molecule has 15 heavy (non-hydrogen) atoms. The quantitative estimate of drug-likeness (QED) is 0.652. The molecule has 1 fully saturated rings. The molecule has 5 heteroatoms. The van der Waals surface area contributed by atoms with E-state index in [0.717, 1.165) is 0 Å². The second kappa shape index (κ2) is 5.11. The van der Waals surface area contributed by atoms with Gasteiger partial charge in [0.25, 0.3) is 0 Å².